The summed E-state index contributed by atoms with van der Waals surface area (Å²) in [5.74, 6) is -0.377. The zero-order chi connectivity index (χ0) is 15.2. The number of carbonyl (C=O) groups excluding carboxylic acids is 2. The van der Waals surface area contributed by atoms with E-state index in [4.69, 9.17) is 4.74 Å². The van der Waals surface area contributed by atoms with Gasteiger partial charge in [-0.1, -0.05) is 0 Å². The van der Waals surface area contributed by atoms with Gasteiger partial charge in [0.25, 0.3) is 5.91 Å². The summed E-state index contributed by atoms with van der Waals surface area (Å²) in [6.45, 7) is 3.36. The fraction of sp³-hybridized carbons (Fsp3) is 0.500. The molecule has 0 radical (unpaired) electrons. The minimum absolute atomic E-state index is 0.00310. The van der Waals surface area contributed by atoms with Crippen LogP contribution in [0.25, 0.3) is 0 Å². The lowest BCUT2D eigenvalue weighted by Crippen LogP contribution is -2.42. The van der Waals surface area contributed by atoms with E-state index in [1.807, 2.05) is 30.5 Å². The molecule has 21 heavy (non-hydrogen) atoms. The van der Waals surface area contributed by atoms with Crippen molar-refractivity contribution in [3.05, 3.63) is 29.8 Å². The second-order valence-electron chi connectivity index (χ2n) is 5.07. The molecule has 5 heteroatoms. The Balaban J connectivity index is 2.02. The molecule has 0 aromatic heterocycles. The molecule has 1 heterocycles. The van der Waals surface area contributed by atoms with Gasteiger partial charge in [0.15, 0.2) is 0 Å². The summed E-state index contributed by atoms with van der Waals surface area (Å²) in [5, 5.41) is 0. The number of nitrogens with zero attached hydrogens (tertiary/aromatic N) is 1. The molecule has 1 aromatic rings. The molecule has 0 saturated carbocycles. The number of ether oxygens (including phenoxy) is 1. The Bertz CT molecular complexity index is 501. The summed E-state index contributed by atoms with van der Waals surface area (Å²) in [6.07, 6.45) is 3.65. The lowest BCUT2D eigenvalue weighted by atomic mass is 9.97. The highest BCUT2D eigenvalue weighted by Gasteiger charge is 2.29. The lowest BCUT2D eigenvalue weighted by molar-refractivity contribution is -0.149. The number of thioether (sulfide) groups is 1. The van der Waals surface area contributed by atoms with Gasteiger partial charge in [-0.3, -0.25) is 9.59 Å². The largest absolute Gasteiger partial charge is 0.466 e. The van der Waals surface area contributed by atoms with E-state index in [1.165, 1.54) is 0 Å². The van der Waals surface area contributed by atoms with Gasteiger partial charge in [-0.15, -0.1) is 11.8 Å². The predicted molar refractivity (Wildman–Crippen MR) is 83.5 cm³/mol. The third-order valence-corrected chi connectivity index (χ3v) is 4.41. The maximum atomic E-state index is 12.5. The first-order valence-corrected chi connectivity index (χ1v) is 8.48. The normalized spacial score (nSPS) is 18.4. The number of amides is 1. The summed E-state index contributed by atoms with van der Waals surface area (Å²) >= 11 is 1.65. The van der Waals surface area contributed by atoms with Crippen LogP contribution in [0.2, 0.25) is 0 Å². The predicted octanol–water partition coefficient (Wildman–Crippen LogP) is 2.82. The van der Waals surface area contributed by atoms with E-state index in [-0.39, 0.29) is 17.8 Å². The minimum Gasteiger partial charge on any atom is -0.466 e. The van der Waals surface area contributed by atoms with Crippen LogP contribution in [0.3, 0.4) is 0 Å². The van der Waals surface area contributed by atoms with Crippen molar-refractivity contribution in [3.8, 4) is 0 Å². The molecule has 0 bridgehead atoms. The molecule has 1 saturated heterocycles. The van der Waals surface area contributed by atoms with E-state index in [2.05, 4.69) is 0 Å². The highest BCUT2D eigenvalue weighted by molar-refractivity contribution is 7.98. The van der Waals surface area contributed by atoms with Crippen LogP contribution in [-0.2, 0) is 9.53 Å². The maximum absolute atomic E-state index is 12.5. The van der Waals surface area contributed by atoms with Crippen LogP contribution in [0, 0.1) is 5.92 Å². The van der Waals surface area contributed by atoms with Crippen LogP contribution in [0.4, 0.5) is 0 Å². The van der Waals surface area contributed by atoms with Crippen molar-refractivity contribution in [1.29, 1.82) is 0 Å². The molecule has 1 aliphatic heterocycles. The number of benzene rings is 1. The molecule has 0 N–H and O–H groups in total. The molecule has 0 unspecified atom stereocenters. The Kier molecular flexibility index (Phi) is 5.67. The Morgan fingerprint density at radius 3 is 2.67 bits per heavy atom. The van der Waals surface area contributed by atoms with E-state index >= 15 is 0 Å². The summed E-state index contributed by atoms with van der Waals surface area (Å²) < 4.78 is 5.07. The van der Waals surface area contributed by atoms with Crippen LogP contribution in [0.5, 0.6) is 0 Å². The first kappa shape index (κ1) is 15.9. The Morgan fingerprint density at radius 2 is 2.05 bits per heavy atom. The SMILES string of the molecule is CCOC(=O)[C@H]1CCCN(C(=O)c2ccc(SC)cc2)C1. The van der Waals surface area contributed by atoms with Gasteiger partial charge < -0.3 is 9.64 Å². The van der Waals surface area contributed by atoms with E-state index in [0.717, 1.165) is 17.7 Å². The Hall–Kier alpha value is -1.49. The maximum Gasteiger partial charge on any atom is 0.310 e. The van der Waals surface area contributed by atoms with Crippen molar-refractivity contribution >= 4 is 23.6 Å². The van der Waals surface area contributed by atoms with Crippen molar-refractivity contribution in [1.82, 2.24) is 4.90 Å². The zero-order valence-electron chi connectivity index (χ0n) is 12.5. The second kappa shape index (κ2) is 7.50. The highest BCUT2D eigenvalue weighted by atomic mass is 32.2. The smallest absolute Gasteiger partial charge is 0.310 e. The average Bonchev–Trinajstić information content (AvgIpc) is 2.54. The van der Waals surface area contributed by atoms with Crippen molar-refractivity contribution in [2.75, 3.05) is 26.0 Å². The Labute approximate surface area is 129 Å². The van der Waals surface area contributed by atoms with Crippen molar-refractivity contribution in [2.24, 2.45) is 5.92 Å². The number of hydrogen-bond donors (Lipinski definition) is 0. The first-order valence-electron chi connectivity index (χ1n) is 7.25. The molecule has 1 aromatic carbocycles. The molecule has 0 aliphatic carbocycles. The Morgan fingerprint density at radius 1 is 1.33 bits per heavy atom. The van der Waals surface area contributed by atoms with Gasteiger partial charge in [-0.05, 0) is 50.3 Å². The summed E-state index contributed by atoms with van der Waals surface area (Å²) in [7, 11) is 0. The summed E-state index contributed by atoms with van der Waals surface area (Å²) in [5.41, 5.74) is 0.678. The average molecular weight is 307 g/mol. The van der Waals surface area contributed by atoms with Gasteiger partial charge in [-0.25, -0.2) is 0 Å². The molecule has 114 valence electrons. The number of rotatable bonds is 4. The number of piperidine rings is 1. The van der Waals surface area contributed by atoms with Crippen molar-refractivity contribution < 1.29 is 14.3 Å². The third kappa shape index (κ3) is 4.00. The zero-order valence-corrected chi connectivity index (χ0v) is 13.3. The topological polar surface area (TPSA) is 46.6 Å². The molecule has 0 spiro atoms. The highest BCUT2D eigenvalue weighted by Crippen LogP contribution is 2.21. The molecule has 1 amide bonds. The number of esters is 1. The fourth-order valence-electron chi connectivity index (χ4n) is 2.53. The number of likely N-dealkylation sites (tertiary alicyclic amines) is 1. The minimum atomic E-state index is -0.187. The summed E-state index contributed by atoms with van der Waals surface area (Å²) in [4.78, 5) is 27.2. The molecule has 1 atom stereocenters. The fourth-order valence-corrected chi connectivity index (χ4v) is 2.94. The second-order valence-corrected chi connectivity index (χ2v) is 5.95. The third-order valence-electron chi connectivity index (χ3n) is 3.67. The van der Waals surface area contributed by atoms with Crippen LogP contribution in [0.15, 0.2) is 29.2 Å². The van der Waals surface area contributed by atoms with Crippen LogP contribution in [0.1, 0.15) is 30.1 Å². The molecular weight excluding hydrogens is 286 g/mol. The molecule has 1 fully saturated rings. The van der Waals surface area contributed by atoms with Gasteiger partial charge >= 0.3 is 5.97 Å². The van der Waals surface area contributed by atoms with E-state index < -0.39 is 0 Å². The first-order chi connectivity index (χ1) is 10.2. The van der Waals surface area contributed by atoms with E-state index in [1.54, 1.807) is 23.6 Å². The van der Waals surface area contributed by atoms with Crippen molar-refractivity contribution in [2.45, 2.75) is 24.7 Å². The molecule has 2 rings (SSSR count). The van der Waals surface area contributed by atoms with Gasteiger partial charge in [0.05, 0.1) is 12.5 Å². The quantitative estimate of drug-likeness (QED) is 0.634. The lowest BCUT2D eigenvalue weighted by Gasteiger charge is -2.31. The number of carbonyl (C=O) groups is 2. The molecule has 1 aliphatic rings. The van der Waals surface area contributed by atoms with Crippen LogP contribution < -0.4 is 0 Å². The van der Waals surface area contributed by atoms with Gasteiger partial charge in [0, 0.05) is 23.5 Å². The standard InChI is InChI=1S/C16H21NO3S/c1-3-20-16(19)13-5-4-10-17(11-13)15(18)12-6-8-14(21-2)9-7-12/h6-9,13H,3-5,10-11H2,1-2H3/t13-/m0/s1. The van der Waals surface area contributed by atoms with Crippen LogP contribution >= 0.6 is 11.8 Å². The number of hydrogen-bond acceptors (Lipinski definition) is 4. The van der Waals surface area contributed by atoms with Gasteiger partial charge in [0.2, 0.25) is 0 Å². The van der Waals surface area contributed by atoms with Gasteiger partial charge in [-0.2, -0.15) is 0 Å². The van der Waals surface area contributed by atoms with E-state index in [0.29, 0.717) is 25.3 Å². The van der Waals surface area contributed by atoms with Gasteiger partial charge in [0.1, 0.15) is 0 Å². The monoisotopic (exact) mass is 307 g/mol. The summed E-state index contributed by atoms with van der Waals surface area (Å²) in [6, 6.07) is 7.60. The van der Waals surface area contributed by atoms with Crippen molar-refractivity contribution in [3.63, 3.8) is 0 Å². The molecule has 4 nitrogen and oxygen atoms in total. The molecular formula is C16H21NO3S. The van der Waals surface area contributed by atoms with E-state index in [9.17, 15) is 9.59 Å². The van der Waals surface area contributed by atoms with Crippen LogP contribution in [-0.4, -0.2) is 42.7 Å².